The molecule has 0 amide bonds. The standard InChI is InChI=1S/C7H13O/c1-6(2)5-7(3,4)8-6/h5H,1-4H3. The average Bonchev–Trinajstić information content (AvgIpc) is 1.20. The van der Waals surface area contributed by atoms with Crippen molar-refractivity contribution in [2.75, 3.05) is 0 Å². The van der Waals surface area contributed by atoms with Gasteiger partial charge in [-0.15, -0.1) is 0 Å². The normalized spacial score (nSPS) is 31.5. The quantitative estimate of drug-likeness (QED) is 0.465. The maximum Gasteiger partial charge on any atom is 0.0694 e. The minimum atomic E-state index is 0.0312. The van der Waals surface area contributed by atoms with Crippen LogP contribution in [0.5, 0.6) is 0 Å². The van der Waals surface area contributed by atoms with Crippen molar-refractivity contribution in [3.8, 4) is 0 Å². The molecule has 0 bridgehead atoms. The van der Waals surface area contributed by atoms with Crippen LogP contribution in [0.1, 0.15) is 27.7 Å². The van der Waals surface area contributed by atoms with Crippen molar-refractivity contribution < 1.29 is 4.74 Å². The Hall–Kier alpha value is -0.0400. The minimum absolute atomic E-state index is 0.0312. The monoisotopic (exact) mass is 113 g/mol. The van der Waals surface area contributed by atoms with E-state index in [0.717, 1.165) is 0 Å². The molecule has 1 rings (SSSR count). The first-order valence-corrected chi connectivity index (χ1v) is 2.99. The predicted molar refractivity (Wildman–Crippen MR) is 33.5 cm³/mol. The molecule has 1 aliphatic rings. The van der Waals surface area contributed by atoms with Gasteiger partial charge in [-0.1, -0.05) is 0 Å². The van der Waals surface area contributed by atoms with Gasteiger partial charge >= 0.3 is 0 Å². The van der Waals surface area contributed by atoms with Crippen LogP contribution in [-0.2, 0) is 4.74 Å². The van der Waals surface area contributed by atoms with Gasteiger partial charge in [0.1, 0.15) is 0 Å². The van der Waals surface area contributed by atoms with E-state index in [4.69, 9.17) is 4.74 Å². The Morgan fingerprint density at radius 3 is 1.25 bits per heavy atom. The van der Waals surface area contributed by atoms with E-state index in [-0.39, 0.29) is 11.2 Å². The minimum Gasteiger partial charge on any atom is -0.369 e. The topological polar surface area (TPSA) is 9.23 Å². The van der Waals surface area contributed by atoms with Crippen molar-refractivity contribution in [1.29, 1.82) is 0 Å². The first-order chi connectivity index (χ1) is 3.41. The molecule has 1 heteroatoms. The zero-order valence-electron chi connectivity index (χ0n) is 5.99. The first-order valence-electron chi connectivity index (χ1n) is 2.99. The Labute approximate surface area is 51.0 Å². The number of hydrogen-bond donors (Lipinski definition) is 0. The van der Waals surface area contributed by atoms with Gasteiger partial charge < -0.3 is 4.74 Å². The number of ether oxygens (including phenoxy) is 1. The molecule has 0 atom stereocenters. The van der Waals surface area contributed by atoms with E-state index in [1.165, 1.54) is 0 Å². The molecule has 0 unspecified atom stereocenters. The van der Waals surface area contributed by atoms with Crippen molar-refractivity contribution in [3.05, 3.63) is 6.42 Å². The molecule has 1 saturated heterocycles. The summed E-state index contributed by atoms with van der Waals surface area (Å²) in [5.41, 5.74) is 0.0625. The summed E-state index contributed by atoms with van der Waals surface area (Å²) in [6.45, 7) is 8.27. The van der Waals surface area contributed by atoms with Crippen LogP contribution < -0.4 is 0 Å². The van der Waals surface area contributed by atoms with Gasteiger partial charge in [-0.25, -0.2) is 0 Å². The highest BCUT2D eigenvalue weighted by atomic mass is 16.5. The zero-order chi connectivity index (χ0) is 6.41. The number of rotatable bonds is 0. The average molecular weight is 113 g/mol. The maximum atomic E-state index is 5.46. The van der Waals surface area contributed by atoms with Gasteiger partial charge in [0, 0.05) is 6.42 Å². The molecule has 0 N–H and O–H groups in total. The van der Waals surface area contributed by atoms with Crippen molar-refractivity contribution in [2.24, 2.45) is 0 Å². The van der Waals surface area contributed by atoms with Crippen molar-refractivity contribution in [2.45, 2.75) is 38.9 Å². The van der Waals surface area contributed by atoms with Crippen LogP contribution in [-0.4, -0.2) is 11.2 Å². The van der Waals surface area contributed by atoms with Crippen LogP contribution in [0.4, 0.5) is 0 Å². The first kappa shape index (κ1) is 6.09. The molecule has 8 heavy (non-hydrogen) atoms. The second kappa shape index (κ2) is 1.27. The van der Waals surface area contributed by atoms with Crippen LogP contribution >= 0.6 is 0 Å². The highest BCUT2D eigenvalue weighted by molar-refractivity contribution is 5.09. The fourth-order valence-corrected chi connectivity index (χ4v) is 1.52. The molecule has 1 aliphatic heterocycles. The summed E-state index contributed by atoms with van der Waals surface area (Å²) >= 11 is 0. The molecule has 1 fully saturated rings. The molecule has 0 aromatic rings. The lowest BCUT2D eigenvalue weighted by Crippen LogP contribution is -2.53. The lowest BCUT2D eigenvalue weighted by Gasteiger charge is -2.49. The lowest BCUT2D eigenvalue weighted by atomic mass is 9.84. The van der Waals surface area contributed by atoms with Gasteiger partial charge in [-0.2, -0.15) is 0 Å². The fourth-order valence-electron chi connectivity index (χ4n) is 1.52. The molecular weight excluding hydrogens is 100 g/mol. The van der Waals surface area contributed by atoms with E-state index in [1.807, 2.05) is 0 Å². The van der Waals surface area contributed by atoms with Crippen LogP contribution in [0.2, 0.25) is 0 Å². The molecule has 1 heterocycles. The predicted octanol–water partition coefficient (Wildman–Crippen LogP) is 1.78. The third kappa shape index (κ3) is 1.03. The fraction of sp³-hybridized carbons (Fsp3) is 0.857. The summed E-state index contributed by atoms with van der Waals surface area (Å²) in [6, 6.07) is 0. The molecule has 0 spiro atoms. The van der Waals surface area contributed by atoms with E-state index >= 15 is 0 Å². The Balaban J connectivity index is 2.42. The van der Waals surface area contributed by atoms with Gasteiger partial charge in [0.05, 0.1) is 11.2 Å². The lowest BCUT2D eigenvalue weighted by molar-refractivity contribution is -0.178. The van der Waals surface area contributed by atoms with E-state index in [9.17, 15) is 0 Å². The molecule has 47 valence electrons. The molecule has 0 aliphatic carbocycles. The molecule has 1 radical (unpaired) electrons. The second-order valence-electron chi connectivity index (χ2n) is 3.45. The smallest absolute Gasteiger partial charge is 0.0694 e. The van der Waals surface area contributed by atoms with E-state index in [1.54, 1.807) is 0 Å². The summed E-state index contributed by atoms with van der Waals surface area (Å²) in [5, 5.41) is 0. The summed E-state index contributed by atoms with van der Waals surface area (Å²) in [5.74, 6) is 0. The Morgan fingerprint density at radius 2 is 1.25 bits per heavy atom. The Kier molecular flexibility index (Phi) is 0.965. The zero-order valence-corrected chi connectivity index (χ0v) is 5.99. The third-order valence-corrected chi connectivity index (χ3v) is 1.22. The van der Waals surface area contributed by atoms with Crippen LogP contribution in [0.25, 0.3) is 0 Å². The highest BCUT2D eigenvalue weighted by Gasteiger charge is 2.43. The summed E-state index contributed by atoms with van der Waals surface area (Å²) in [6.07, 6.45) is 2.21. The Bertz CT molecular complexity index is 81.0. The summed E-state index contributed by atoms with van der Waals surface area (Å²) in [4.78, 5) is 0. The van der Waals surface area contributed by atoms with Gasteiger partial charge in [0.15, 0.2) is 0 Å². The molecular formula is C7H13O. The Morgan fingerprint density at radius 1 is 1.00 bits per heavy atom. The van der Waals surface area contributed by atoms with Gasteiger partial charge in [-0.05, 0) is 27.7 Å². The van der Waals surface area contributed by atoms with Crippen molar-refractivity contribution >= 4 is 0 Å². The van der Waals surface area contributed by atoms with E-state index in [0.29, 0.717) is 0 Å². The summed E-state index contributed by atoms with van der Waals surface area (Å²) < 4.78 is 5.46. The highest BCUT2D eigenvalue weighted by Crippen LogP contribution is 2.38. The van der Waals surface area contributed by atoms with Crippen LogP contribution in [0.3, 0.4) is 0 Å². The molecule has 0 aromatic carbocycles. The van der Waals surface area contributed by atoms with E-state index in [2.05, 4.69) is 34.1 Å². The number of hydrogen-bond acceptors (Lipinski definition) is 1. The SMILES string of the molecule is CC1(C)[CH]C(C)(C)O1. The molecule has 0 saturated carbocycles. The largest absolute Gasteiger partial charge is 0.369 e. The van der Waals surface area contributed by atoms with Crippen LogP contribution in [0, 0.1) is 6.42 Å². The maximum absolute atomic E-state index is 5.46. The van der Waals surface area contributed by atoms with Crippen molar-refractivity contribution in [3.63, 3.8) is 0 Å². The summed E-state index contributed by atoms with van der Waals surface area (Å²) in [7, 11) is 0. The van der Waals surface area contributed by atoms with Gasteiger partial charge in [0.25, 0.3) is 0 Å². The molecule has 1 nitrogen and oxygen atoms in total. The van der Waals surface area contributed by atoms with E-state index < -0.39 is 0 Å². The molecule has 0 aromatic heterocycles. The van der Waals surface area contributed by atoms with Gasteiger partial charge in [-0.3, -0.25) is 0 Å². The van der Waals surface area contributed by atoms with Gasteiger partial charge in [0.2, 0.25) is 0 Å². The second-order valence-corrected chi connectivity index (χ2v) is 3.45. The van der Waals surface area contributed by atoms with Crippen LogP contribution in [0.15, 0.2) is 0 Å². The van der Waals surface area contributed by atoms with Crippen molar-refractivity contribution in [1.82, 2.24) is 0 Å². The third-order valence-electron chi connectivity index (χ3n) is 1.22.